The zero-order valence-electron chi connectivity index (χ0n) is 16.1. The molecule has 3 aromatic rings. The molecule has 3 nitrogen and oxygen atoms in total. The molecule has 28 heavy (non-hydrogen) atoms. The summed E-state index contributed by atoms with van der Waals surface area (Å²) in [4.78, 5) is 0. The van der Waals surface area contributed by atoms with E-state index in [1.807, 2.05) is 12.1 Å². The highest BCUT2D eigenvalue weighted by molar-refractivity contribution is 5.58. The summed E-state index contributed by atoms with van der Waals surface area (Å²) in [5.74, 6) is 1.48. The Morgan fingerprint density at radius 2 is 1.75 bits per heavy atom. The Bertz CT molecular complexity index is 930. The Morgan fingerprint density at radius 1 is 1.00 bits per heavy atom. The highest BCUT2D eigenvalue weighted by atomic mass is 19.3. The van der Waals surface area contributed by atoms with Gasteiger partial charge >= 0.3 is 6.61 Å². The van der Waals surface area contributed by atoms with Crippen molar-refractivity contribution < 1.29 is 18.1 Å². The van der Waals surface area contributed by atoms with E-state index in [1.54, 1.807) is 12.1 Å². The molecule has 0 saturated carbocycles. The minimum absolute atomic E-state index is 0.185. The number of alkyl halides is 2. The molecule has 0 amide bonds. The first-order valence-electron chi connectivity index (χ1n) is 9.94. The first-order valence-corrected chi connectivity index (χ1v) is 9.94. The predicted octanol–water partition coefficient (Wildman–Crippen LogP) is 5.32. The average molecular weight is 383 g/mol. The van der Waals surface area contributed by atoms with E-state index in [0.717, 1.165) is 42.8 Å². The van der Waals surface area contributed by atoms with Crippen LogP contribution in [0.25, 0.3) is 16.9 Å². The molecule has 1 aliphatic rings. The molecule has 0 aliphatic carbocycles. The van der Waals surface area contributed by atoms with E-state index in [-0.39, 0.29) is 5.75 Å². The number of benzene rings is 2. The van der Waals surface area contributed by atoms with E-state index < -0.39 is 6.61 Å². The van der Waals surface area contributed by atoms with Gasteiger partial charge in [-0.05, 0) is 67.6 Å². The third-order valence-electron chi connectivity index (χ3n) is 5.41. The van der Waals surface area contributed by atoms with Crippen molar-refractivity contribution in [2.24, 2.45) is 0 Å². The second kappa shape index (κ2) is 8.13. The Balaban J connectivity index is 1.76. The van der Waals surface area contributed by atoms with E-state index in [4.69, 9.17) is 0 Å². The van der Waals surface area contributed by atoms with Crippen molar-refractivity contribution in [3.63, 3.8) is 0 Å². The van der Waals surface area contributed by atoms with Gasteiger partial charge in [0, 0.05) is 12.0 Å². The summed E-state index contributed by atoms with van der Waals surface area (Å²) in [7, 11) is 0. The van der Waals surface area contributed by atoms with Crippen molar-refractivity contribution in [3.05, 3.63) is 66.1 Å². The van der Waals surface area contributed by atoms with Crippen molar-refractivity contribution in [1.82, 2.24) is 4.57 Å². The summed E-state index contributed by atoms with van der Waals surface area (Å²) in [6, 6.07) is 15.6. The van der Waals surface area contributed by atoms with Gasteiger partial charge in [-0.1, -0.05) is 19.1 Å². The van der Waals surface area contributed by atoms with Gasteiger partial charge in [-0.15, -0.1) is 0 Å². The second-order valence-corrected chi connectivity index (χ2v) is 7.19. The molecule has 0 atom stereocenters. The normalized spacial score (nSPS) is 14.0. The van der Waals surface area contributed by atoms with E-state index in [9.17, 15) is 8.78 Å². The largest absolute Gasteiger partial charge is 0.435 e. The number of aryl methyl sites for hydroxylation is 1. The summed E-state index contributed by atoms with van der Waals surface area (Å²) in [6.07, 6.45) is 7.77. The second-order valence-electron chi connectivity index (χ2n) is 7.19. The fraction of sp³-hybridized carbons (Fsp3) is 0.348. The summed E-state index contributed by atoms with van der Waals surface area (Å²) in [5.41, 5.74) is 4.60. The summed E-state index contributed by atoms with van der Waals surface area (Å²) in [5, 5.41) is 0. The van der Waals surface area contributed by atoms with Gasteiger partial charge in [0.15, 0.2) is 5.69 Å². The van der Waals surface area contributed by atoms with Crippen molar-refractivity contribution in [2.75, 3.05) is 0 Å². The standard InChI is InChI=1S/C23H25F2N2O/c1-2-17-7-11-19(12-8-17)27-16-21(26-15-5-3-4-6-22(26)27)18-9-13-20(14-10-18)28-23(24)25/h7-14,16,23H,2-6,15H2,1H3/q+1. The molecule has 0 radical (unpaired) electrons. The number of rotatable bonds is 5. The Kier molecular flexibility index (Phi) is 5.42. The lowest BCUT2D eigenvalue weighted by molar-refractivity contribution is -0.692. The van der Waals surface area contributed by atoms with Crippen LogP contribution in [-0.4, -0.2) is 11.2 Å². The van der Waals surface area contributed by atoms with Crippen LogP contribution in [0.3, 0.4) is 0 Å². The average Bonchev–Trinajstić information content (AvgIpc) is 2.89. The number of hydrogen-bond acceptors (Lipinski definition) is 1. The number of hydrogen-bond donors (Lipinski definition) is 0. The molecule has 0 saturated heterocycles. The molecular weight excluding hydrogens is 358 g/mol. The monoisotopic (exact) mass is 383 g/mol. The van der Waals surface area contributed by atoms with Crippen LogP contribution in [0, 0.1) is 0 Å². The lowest BCUT2D eigenvalue weighted by atomic mass is 10.1. The Hall–Kier alpha value is -2.69. The van der Waals surface area contributed by atoms with Gasteiger partial charge in [0.1, 0.15) is 17.6 Å². The maximum absolute atomic E-state index is 12.4. The molecule has 0 N–H and O–H groups in total. The summed E-state index contributed by atoms with van der Waals surface area (Å²) < 4.78 is 34.0. The number of imidazole rings is 1. The fourth-order valence-electron chi connectivity index (χ4n) is 3.92. The molecule has 1 aliphatic heterocycles. The minimum atomic E-state index is -2.80. The Labute approximate surface area is 164 Å². The highest BCUT2D eigenvalue weighted by Crippen LogP contribution is 2.26. The highest BCUT2D eigenvalue weighted by Gasteiger charge is 2.26. The van der Waals surface area contributed by atoms with Crippen LogP contribution >= 0.6 is 0 Å². The SMILES string of the molecule is CCc1ccc(-n2cc(-c3ccc(OC(F)F)cc3)[n+]3c2CCCCC3)cc1. The van der Waals surface area contributed by atoms with Gasteiger partial charge < -0.3 is 4.74 Å². The third-order valence-corrected chi connectivity index (χ3v) is 5.41. The van der Waals surface area contributed by atoms with Crippen molar-refractivity contribution in [3.8, 4) is 22.7 Å². The molecule has 0 fully saturated rings. The van der Waals surface area contributed by atoms with Crippen LogP contribution in [0.15, 0.2) is 54.7 Å². The Morgan fingerprint density at radius 3 is 2.43 bits per heavy atom. The molecule has 2 heterocycles. The molecule has 146 valence electrons. The smallest absolute Gasteiger partial charge is 0.387 e. The molecule has 2 aromatic carbocycles. The van der Waals surface area contributed by atoms with Crippen LogP contribution in [0.1, 0.15) is 37.6 Å². The number of nitrogens with zero attached hydrogens (tertiary/aromatic N) is 2. The predicted molar refractivity (Wildman–Crippen MR) is 105 cm³/mol. The zero-order chi connectivity index (χ0) is 19.5. The van der Waals surface area contributed by atoms with Gasteiger partial charge in [0.05, 0.1) is 6.54 Å². The van der Waals surface area contributed by atoms with E-state index in [1.165, 1.54) is 24.2 Å². The maximum Gasteiger partial charge on any atom is 0.387 e. The first-order chi connectivity index (χ1) is 13.7. The van der Waals surface area contributed by atoms with Crippen molar-refractivity contribution >= 4 is 0 Å². The number of ether oxygens (including phenoxy) is 1. The van der Waals surface area contributed by atoms with Gasteiger partial charge in [0.2, 0.25) is 0 Å². The fourth-order valence-corrected chi connectivity index (χ4v) is 3.92. The van der Waals surface area contributed by atoms with Crippen LogP contribution in [0.4, 0.5) is 8.78 Å². The molecular formula is C23H25F2N2O+. The quantitative estimate of drug-likeness (QED) is 0.545. The molecule has 5 heteroatoms. The molecule has 4 rings (SSSR count). The first kappa shape index (κ1) is 18.7. The number of aromatic nitrogens is 2. The third kappa shape index (κ3) is 3.79. The zero-order valence-corrected chi connectivity index (χ0v) is 16.1. The van der Waals surface area contributed by atoms with E-state index >= 15 is 0 Å². The lowest BCUT2D eigenvalue weighted by Gasteiger charge is -2.05. The minimum Gasteiger partial charge on any atom is -0.435 e. The molecule has 0 spiro atoms. The summed E-state index contributed by atoms with van der Waals surface area (Å²) >= 11 is 0. The number of fused-ring (bicyclic) bond motifs is 1. The lowest BCUT2D eigenvalue weighted by Crippen LogP contribution is -2.38. The van der Waals surface area contributed by atoms with Gasteiger partial charge in [-0.25, -0.2) is 4.57 Å². The molecule has 0 bridgehead atoms. The van der Waals surface area contributed by atoms with Crippen LogP contribution < -0.4 is 9.30 Å². The van der Waals surface area contributed by atoms with Gasteiger partial charge in [-0.2, -0.15) is 13.3 Å². The topological polar surface area (TPSA) is 18.0 Å². The van der Waals surface area contributed by atoms with Gasteiger partial charge in [-0.3, -0.25) is 0 Å². The van der Waals surface area contributed by atoms with Crippen LogP contribution in [0.2, 0.25) is 0 Å². The van der Waals surface area contributed by atoms with E-state index in [0.29, 0.717) is 0 Å². The van der Waals surface area contributed by atoms with E-state index in [2.05, 4.69) is 51.3 Å². The maximum atomic E-state index is 12.4. The molecule has 1 aromatic heterocycles. The van der Waals surface area contributed by atoms with Crippen LogP contribution in [0.5, 0.6) is 5.75 Å². The van der Waals surface area contributed by atoms with Gasteiger partial charge in [0.25, 0.3) is 5.82 Å². The summed E-state index contributed by atoms with van der Waals surface area (Å²) in [6.45, 7) is 0.329. The van der Waals surface area contributed by atoms with Crippen molar-refractivity contribution in [1.29, 1.82) is 0 Å². The number of halogens is 2. The molecule has 0 unspecified atom stereocenters. The van der Waals surface area contributed by atoms with Crippen LogP contribution in [-0.2, 0) is 19.4 Å². The van der Waals surface area contributed by atoms with Crippen molar-refractivity contribution in [2.45, 2.75) is 52.2 Å².